The molecule has 0 saturated heterocycles. The highest BCUT2D eigenvalue weighted by Crippen LogP contribution is 2.34. The molecule has 0 spiro atoms. The molecule has 0 unspecified atom stereocenters. The van der Waals surface area contributed by atoms with E-state index in [1.54, 1.807) is 24.5 Å². The molecule has 6 nitrogen and oxygen atoms in total. The molecule has 0 atom stereocenters. The number of amides is 1. The fraction of sp³-hybridized carbons (Fsp3) is 0.148. The first kappa shape index (κ1) is 23.0. The molecule has 0 aliphatic rings. The van der Waals surface area contributed by atoms with Gasteiger partial charge in [-0.2, -0.15) is 0 Å². The first-order chi connectivity index (χ1) is 17.1. The Hall–Kier alpha value is -3.75. The largest absolute Gasteiger partial charge is 0.493 e. The van der Waals surface area contributed by atoms with E-state index in [0.29, 0.717) is 27.7 Å². The number of anilines is 1. The Morgan fingerprint density at radius 3 is 2.74 bits per heavy atom. The van der Waals surface area contributed by atoms with E-state index in [1.807, 2.05) is 66.9 Å². The zero-order chi connectivity index (χ0) is 24.4. The quantitative estimate of drug-likeness (QED) is 0.272. The van der Waals surface area contributed by atoms with Gasteiger partial charge in [-0.15, -0.1) is 22.7 Å². The zero-order valence-electron chi connectivity index (χ0n) is 19.5. The second-order valence-corrected chi connectivity index (χ2v) is 9.90. The first-order valence-corrected chi connectivity index (χ1v) is 12.8. The molecule has 3 aromatic heterocycles. The van der Waals surface area contributed by atoms with Crippen LogP contribution in [0.3, 0.4) is 0 Å². The molecule has 1 amide bonds. The standard InChI is InChI=1S/C27H23N3O3S2/c1-4-21-23(22-12-7-13-34-22)29-27(35-21)30-25(31)19-15-17-9-6-11-20(32-3)24(17)33-26(19)28-18-10-5-8-16(2)14-18/h5-15H,4H2,1-3H3,(H,29,30,31). The summed E-state index contributed by atoms with van der Waals surface area (Å²) in [6, 6.07) is 19.1. The van der Waals surface area contributed by atoms with Crippen molar-refractivity contribution in [1.29, 1.82) is 0 Å². The van der Waals surface area contributed by atoms with Crippen LogP contribution in [-0.4, -0.2) is 18.0 Å². The molecule has 35 heavy (non-hydrogen) atoms. The molecule has 1 N–H and O–H groups in total. The number of nitrogens with one attached hydrogen (secondary N) is 1. The molecule has 5 aromatic rings. The number of thiophene rings is 1. The highest BCUT2D eigenvalue weighted by atomic mass is 32.1. The molecule has 5 rings (SSSR count). The average molecular weight is 502 g/mol. The molecule has 0 fully saturated rings. The lowest BCUT2D eigenvalue weighted by Gasteiger charge is -2.08. The molecule has 0 aliphatic carbocycles. The number of thiazole rings is 1. The minimum Gasteiger partial charge on any atom is -0.493 e. The summed E-state index contributed by atoms with van der Waals surface area (Å²) in [6.45, 7) is 4.08. The Labute approximate surface area is 210 Å². The number of aromatic nitrogens is 1. The van der Waals surface area contributed by atoms with Crippen LogP contribution in [0.1, 0.15) is 27.7 Å². The number of hydrogen-bond donors (Lipinski definition) is 1. The van der Waals surface area contributed by atoms with Gasteiger partial charge in [0, 0.05) is 10.3 Å². The van der Waals surface area contributed by atoms with Gasteiger partial charge in [-0.3, -0.25) is 10.1 Å². The summed E-state index contributed by atoms with van der Waals surface area (Å²) in [5.41, 5.74) is 3.72. The van der Waals surface area contributed by atoms with Gasteiger partial charge in [0.1, 0.15) is 5.56 Å². The molecule has 176 valence electrons. The number of rotatable bonds is 6. The lowest BCUT2D eigenvalue weighted by atomic mass is 10.1. The number of benzene rings is 2. The van der Waals surface area contributed by atoms with Crippen molar-refractivity contribution in [3.05, 3.63) is 87.6 Å². The van der Waals surface area contributed by atoms with Crippen molar-refractivity contribution in [3.63, 3.8) is 0 Å². The van der Waals surface area contributed by atoms with Crippen molar-refractivity contribution in [2.45, 2.75) is 20.3 Å². The van der Waals surface area contributed by atoms with Gasteiger partial charge in [0.25, 0.3) is 5.91 Å². The minimum atomic E-state index is -0.334. The van der Waals surface area contributed by atoms with Crippen molar-refractivity contribution in [3.8, 4) is 16.3 Å². The smallest absolute Gasteiger partial charge is 0.262 e. The van der Waals surface area contributed by atoms with Gasteiger partial charge >= 0.3 is 0 Å². The van der Waals surface area contributed by atoms with E-state index in [9.17, 15) is 4.79 Å². The topological polar surface area (TPSA) is 76.7 Å². The number of para-hydroxylation sites is 1. The van der Waals surface area contributed by atoms with Crippen LogP contribution in [0.15, 0.2) is 75.5 Å². The molecule has 0 radical (unpaired) electrons. The lowest BCUT2D eigenvalue weighted by Crippen LogP contribution is -2.21. The number of fused-ring (bicyclic) bond motifs is 1. The number of carbonyl (C=O) groups excluding carboxylic acids is 1. The van der Waals surface area contributed by atoms with Crippen LogP contribution in [0.2, 0.25) is 0 Å². The van der Waals surface area contributed by atoms with Crippen molar-refractivity contribution >= 4 is 50.4 Å². The molecule has 0 bridgehead atoms. The number of nitrogens with zero attached hydrogens (tertiary/aromatic N) is 2. The maximum atomic E-state index is 13.5. The summed E-state index contributed by atoms with van der Waals surface area (Å²) in [7, 11) is 1.58. The van der Waals surface area contributed by atoms with Crippen LogP contribution in [0.4, 0.5) is 10.8 Å². The summed E-state index contributed by atoms with van der Waals surface area (Å²) >= 11 is 3.12. The third-order valence-electron chi connectivity index (χ3n) is 5.43. The third-order valence-corrected chi connectivity index (χ3v) is 7.42. The molecule has 8 heteroatoms. The zero-order valence-corrected chi connectivity index (χ0v) is 21.1. The molecule has 2 aromatic carbocycles. The van der Waals surface area contributed by atoms with Crippen LogP contribution in [0, 0.1) is 6.92 Å². The van der Waals surface area contributed by atoms with E-state index < -0.39 is 0 Å². The van der Waals surface area contributed by atoms with Gasteiger partial charge in [0.15, 0.2) is 16.5 Å². The summed E-state index contributed by atoms with van der Waals surface area (Å²) in [5.74, 6) is 0.238. The van der Waals surface area contributed by atoms with E-state index in [2.05, 4.69) is 17.2 Å². The van der Waals surface area contributed by atoms with Gasteiger partial charge in [-0.25, -0.2) is 9.98 Å². The normalized spacial score (nSPS) is 11.7. The fourth-order valence-electron chi connectivity index (χ4n) is 3.76. The SMILES string of the molecule is CCc1sc(NC(=O)c2cc3cccc(OC)c3oc2=Nc2cccc(C)c2)nc1-c1cccs1. The third kappa shape index (κ3) is 4.76. The van der Waals surface area contributed by atoms with E-state index in [1.165, 1.54) is 11.3 Å². The van der Waals surface area contributed by atoms with Crippen LogP contribution in [0.25, 0.3) is 21.5 Å². The van der Waals surface area contributed by atoms with Crippen LogP contribution >= 0.6 is 22.7 Å². The van der Waals surface area contributed by atoms with Gasteiger partial charge in [-0.1, -0.05) is 37.3 Å². The summed E-state index contributed by atoms with van der Waals surface area (Å²) in [6.07, 6.45) is 0.833. The van der Waals surface area contributed by atoms with Gasteiger partial charge in [-0.05, 0) is 54.6 Å². The number of hydrogen-bond acceptors (Lipinski definition) is 7. The van der Waals surface area contributed by atoms with Crippen molar-refractivity contribution < 1.29 is 13.9 Å². The van der Waals surface area contributed by atoms with Gasteiger partial charge < -0.3 is 9.15 Å². The lowest BCUT2D eigenvalue weighted by molar-refractivity contribution is 0.102. The van der Waals surface area contributed by atoms with E-state index in [-0.39, 0.29) is 11.5 Å². The number of methoxy groups -OCH3 is 1. The van der Waals surface area contributed by atoms with Crippen LogP contribution in [0.5, 0.6) is 5.75 Å². The Morgan fingerprint density at radius 1 is 1.14 bits per heavy atom. The van der Waals surface area contributed by atoms with Crippen molar-refractivity contribution in [1.82, 2.24) is 4.98 Å². The molecular formula is C27H23N3O3S2. The summed E-state index contributed by atoms with van der Waals surface area (Å²) in [4.78, 5) is 25.1. The summed E-state index contributed by atoms with van der Waals surface area (Å²) < 4.78 is 11.6. The highest BCUT2D eigenvalue weighted by molar-refractivity contribution is 7.17. The first-order valence-electron chi connectivity index (χ1n) is 11.1. The van der Waals surface area contributed by atoms with Gasteiger partial charge in [0.05, 0.1) is 23.4 Å². The maximum absolute atomic E-state index is 13.5. The van der Waals surface area contributed by atoms with Crippen LogP contribution in [-0.2, 0) is 6.42 Å². The molecular weight excluding hydrogens is 478 g/mol. The van der Waals surface area contributed by atoms with E-state index in [4.69, 9.17) is 14.1 Å². The number of carbonyl (C=O) groups is 1. The Balaban J connectivity index is 1.60. The monoisotopic (exact) mass is 501 g/mol. The Morgan fingerprint density at radius 2 is 2.00 bits per heavy atom. The Kier molecular flexibility index (Phi) is 6.48. The second kappa shape index (κ2) is 9.85. The van der Waals surface area contributed by atoms with Crippen molar-refractivity contribution in [2.24, 2.45) is 4.99 Å². The number of ether oxygens (including phenoxy) is 1. The predicted octanol–water partition coefficient (Wildman–Crippen LogP) is 6.98. The fourth-order valence-corrected chi connectivity index (χ4v) is 5.48. The predicted molar refractivity (Wildman–Crippen MR) is 142 cm³/mol. The molecule has 0 saturated carbocycles. The molecule has 3 heterocycles. The summed E-state index contributed by atoms with van der Waals surface area (Å²) in [5, 5.41) is 6.28. The maximum Gasteiger partial charge on any atom is 0.262 e. The molecule has 0 aliphatic heterocycles. The van der Waals surface area contributed by atoms with Crippen molar-refractivity contribution in [2.75, 3.05) is 12.4 Å². The van der Waals surface area contributed by atoms with Gasteiger partial charge in [0.2, 0.25) is 5.55 Å². The van der Waals surface area contributed by atoms with E-state index >= 15 is 0 Å². The minimum absolute atomic E-state index is 0.204. The Bertz CT molecular complexity index is 1580. The highest BCUT2D eigenvalue weighted by Gasteiger charge is 2.19. The second-order valence-electron chi connectivity index (χ2n) is 7.87. The van der Waals surface area contributed by atoms with E-state index in [0.717, 1.165) is 32.8 Å². The average Bonchev–Trinajstić information content (AvgIpc) is 3.53. The van der Waals surface area contributed by atoms with Crippen LogP contribution < -0.4 is 15.6 Å². The number of aryl methyl sites for hydroxylation is 2.